The molecule has 6 heteroatoms. The number of aliphatic hydroxyl groups excluding tert-OH is 1. The van der Waals surface area contributed by atoms with Crippen molar-refractivity contribution in [3.63, 3.8) is 0 Å². The lowest BCUT2D eigenvalue weighted by molar-refractivity contribution is 0.245. The van der Waals surface area contributed by atoms with Crippen molar-refractivity contribution in [1.29, 1.82) is 0 Å². The quantitative estimate of drug-likeness (QED) is 0.340. The third-order valence-corrected chi connectivity index (χ3v) is 6.40. The zero-order chi connectivity index (χ0) is 21.2. The number of nitrogens with zero attached hydrogens (tertiary/aromatic N) is 2. The number of hydrogen-bond acceptors (Lipinski definition) is 2. The van der Waals surface area contributed by atoms with Crippen molar-refractivity contribution < 1.29 is 9.52 Å². The van der Waals surface area contributed by atoms with Crippen molar-refractivity contribution >= 4 is 45.0 Å². The van der Waals surface area contributed by atoms with Crippen LogP contribution in [-0.2, 0) is 20.7 Å². The van der Waals surface area contributed by atoms with Crippen molar-refractivity contribution in [3.8, 4) is 22.3 Å². The third-order valence-electron chi connectivity index (χ3n) is 5.77. The first-order valence-corrected chi connectivity index (χ1v) is 10.4. The lowest BCUT2D eigenvalue weighted by atomic mass is 9.94. The second kappa shape index (κ2) is 6.95. The zero-order valence-electron chi connectivity index (χ0n) is 16.8. The summed E-state index contributed by atoms with van der Waals surface area (Å²) < 4.78 is 10.1. The van der Waals surface area contributed by atoms with Gasteiger partial charge in [-0.15, -0.1) is 0 Å². The number of furan rings is 1. The topological polar surface area (TPSA) is 43.2 Å². The van der Waals surface area contributed by atoms with Gasteiger partial charge in [-0.05, 0) is 31.2 Å². The van der Waals surface area contributed by atoms with Crippen molar-refractivity contribution in [2.45, 2.75) is 13.5 Å². The minimum Gasteiger partial charge on any atom is -0.463 e. The molecule has 2 aromatic carbocycles. The van der Waals surface area contributed by atoms with Gasteiger partial charge in [0.05, 0.1) is 10.0 Å². The van der Waals surface area contributed by atoms with Gasteiger partial charge in [0.25, 0.3) is 0 Å². The van der Waals surface area contributed by atoms with E-state index in [1.165, 1.54) is 0 Å². The zero-order valence-corrected chi connectivity index (χ0v) is 18.3. The maximum Gasteiger partial charge on any atom is 0.138 e. The van der Waals surface area contributed by atoms with E-state index in [2.05, 4.69) is 10.8 Å². The van der Waals surface area contributed by atoms with Gasteiger partial charge in [0, 0.05) is 70.5 Å². The van der Waals surface area contributed by atoms with Crippen LogP contribution < -0.4 is 0 Å². The highest BCUT2D eigenvalue weighted by molar-refractivity contribution is 6.37. The molecule has 30 heavy (non-hydrogen) atoms. The lowest BCUT2D eigenvalue weighted by Crippen LogP contribution is -1.87. The Morgan fingerprint density at radius 1 is 0.833 bits per heavy atom. The summed E-state index contributed by atoms with van der Waals surface area (Å²) in [6.07, 6.45) is 4.10. The molecule has 0 bridgehead atoms. The first-order chi connectivity index (χ1) is 14.4. The molecule has 0 aliphatic carbocycles. The number of aliphatic hydroxyl groups is 1. The van der Waals surface area contributed by atoms with Crippen LogP contribution in [0.25, 0.3) is 44.1 Å². The molecule has 4 nitrogen and oxygen atoms in total. The van der Waals surface area contributed by atoms with Gasteiger partial charge in [-0.3, -0.25) is 0 Å². The summed E-state index contributed by atoms with van der Waals surface area (Å²) in [6.45, 7) is 1.70. The van der Waals surface area contributed by atoms with Crippen LogP contribution in [0, 0.1) is 6.92 Å². The van der Waals surface area contributed by atoms with E-state index in [1.807, 2.05) is 68.2 Å². The predicted octanol–water partition coefficient (Wildman–Crippen LogP) is 6.70. The molecule has 5 aromatic rings. The van der Waals surface area contributed by atoms with Gasteiger partial charge in [-0.2, -0.15) is 0 Å². The molecule has 0 fully saturated rings. The Morgan fingerprint density at radius 2 is 1.33 bits per heavy atom. The Morgan fingerprint density at radius 3 is 1.83 bits per heavy atom. The summed E-state index contributed by atoms with van der Waals surface area (Å²) in [6, 6.07) is 11.7. The number of rotatable bonds is 3. The monoisotopic (exact) mass is 438 g/mol. The molecule has 3 heterocycles. The van der Waals surface area contributed by atoms with Gasteiger partial charge in [0.2, 0.25) is 0 Å². The second-order valence-corrected chi connectivity index (χ2v) is 8.38. The SMILES string of the molecule is Cc1oc(CO)c(-c2cn(C)c3cccc(Cl)c23)c1-c1cn(C)c2cccc(Cl)c12. The third kappa shape index (κ3) is 2.64. The fourth-order valence-electron chi connectivity index (χ4n) is 4.50. The van der Waals surface area contributed by atoms with E-state index in [0.29, 0.717) is 15.8 Å². The molecule has 0 amide bonds. The van der Waals surface area contributed by atoms with Crippen molar-refractivity contribution in [2.75, 3.05) is 0 Å². The summed E-state index contributed by atoms with van der Waals surface area (Å²) in [4.78, 5) is 0. The normalized spacial score (nSPS) is 11.8. The van der Waals surface area contributed by atoms with Gasteiger partial charge in [-0.1, -0.05) is 35.3 Å². The minimum absolute atomic E-state index is 0.213. The average Bonchev–Trinajstić information content (AvgIpc) is 3.34. The largest absolute Gasteiger partial charge is 0.463 e. The molecular formula is C24H20Cl2N2O2. The Balaban J connectivity index is 1.93. The predicted molar refractivity (Wildman–Crippen MR) is 123 cm³/mol. The number of fused-ring (bicyclic) bond motifs is 2. The summed E-state index contributed by atoms with van der Waals surface area (Å²) >= 11 is 13.2. The van der Waals surface area contributed by atoms with Gasteiger partial charge in [-0.25, -0.2) is 0 Å². The van der Waals surface area contributed by atoms with Gasteiger partial charge < -0.3 is 18.7 Å². The molecule has 0 aliphatic heterocycles. The van der Waals surface area contributed by atoms with Gasteiger partial charge in [0.15, 0.2) is 0 Å². The Bertz CT molecular complexity index is 1440. The van der Waals surface area contributed by atoms with Crippen LogP contribution in [0.15, 0.2) is 53.2 Å². The second-order valence-electron chi connectivity index (χ2n) is 7.56. The first kappa shape index (κ1) is 19.3. The van der Waals surface area contributed by atoms with Crippen LogP contribution >= 0.6 is 23.2 Å². The Labute approximate surface area is 183 Å². The van der Waals surface area contributed by atoms with E-state index in [4.69, 9.17) is 27.6 Å². The number of halogens is 2. The molecular weight excluding hydrogens is 419 g/mol. The van der Waals surface area contributed by atoms with E-state index in [-0.39, 0.29) is 6.61 Å². The summed E-state index contributed by atoms with van der Waals surface area (Å²) in [5, 5.41) is 13.4. The molecule has 3 aromatic heterocycles. The number of aromatic nitrogens is 2. The fourth-order valence-corrected chi connectivity index (χ4v) is 5.05. The van der Waals surface area contributed by atoms with Crippen LogP contribution in [0.2, 0.25) is 10.0 Å². The van der Waals surface area contributed by atoms with Crippen LogP contribution in [0.3, 0.4) is 0 Å². The standard InChI is InChI=1S/C24H20Cl2N2O2/c1-13-21(14-10-27(2)18-8-4-6-16(25)22(14)18)24(20(12-29)30-13)15-11-28(3)19-9-5-7-17(26)23(15)19/h4-11,29H,12H2,1-3H3. The molecule has 5 rings (SSSR count). The maximum atomic E-state index is 10.1. The van der Waals surface area contributed by atoms with E-state index >= 15 is 0 Å². The molecule has 152 valence electrons. The molecule has 0 spiro atoms. The highest BCUT2D eigenvalue weighted by Crippen LogP contribution is 2.47. The van der Waals surface area contributed by atoms with Crippen molar-refractivity contribution in [3.05, 3.63) is 70.4 Å². The van der Waals surface area contributed by atoms with Crippen molar-refractivity contribution in [1.82, 2.24) is 9.13 Å². The molecule has 0 radical (unpaired) electrons. The number of aryl methyl sites for hydroxylation is 3. The number of hydrogen-bond donors (Lipinski definition) is 1. The van der Waals surface area contributed by atoms with Crippen molar-refractivity contribution in [2.24, 2.45) is 14.1 Å². The first-order valence-electron chi connectivity index (χ1n) is 9.63. The molecule has 0 saturated carbocycles. The van der Waals surface area contributed by atoms with Gasteiger partial charge in [0.1, 0.15) is 18.1 Å². The number of benzene rings is 2. The van der Waals surface area contributed by atoms with Crippen LogP contribution in [0.1, 0.15) is 11.5 Å². The Kier molecular flexibility index (Phi) is 4.47. The van der Waals surface area contributed by atoms with E-state index in [0.717, 1.165) is 49.8 Å². The summed E-state index contributed by atoms with van der Waals surface area (Å²) in [5.74, 6) is 1.24. The highest BCUT2D eigenvalue weighted by Gasteiger charge is 2.26. The molecule has 0 atom stereocenters. The fraction of sp³-hybridized carbons (Fsp3) is 0.167. The van der Waals surface area contributed by atoms with E-state index in [9.17, 15) is 5.11 Å². The molecule has 0 aliphatic rings. The minimum atomic E-state index is -0.213. The molecule has 0 unspecified atom stereocenters. The molecule has 1 N–H and O–H groups in total. The Hall–Kier alpha value is -2.66. The maximum absolute atomic E-state index is 10.1. The average molecular weight is 439 g/mol. The van der Waals surface area contributed by atoms with E-state index in [1.54, 1.807) is 0 Å². The lowest BCUT2D eigenvalue weighted by Gasteiger charge is -2.06. The highest BCUT2D eigenvalue weighted by atomic mass is 35.5. The van der Waals surface area contributed by atoms with Crippen LogP contribution in [-0.4, -0.2) is 14.2 Å². The summed E-state index contributed by atoms with van der Waals surface area (Å²) in [5.41, 5.74) is 5.72. The summed E-state index contributed by atoms with van der Waals surface area (Å²) in [7, 11) is 3.99. The molecule has 0 saturated heterocycles. The van der Waals surface area contributed by atoms with Crippen LogP contribution in [0.4, 0.5) is 0 Å². The van der Waals surface area contributed by atoms with E-state index < -0.39 is 0 Å². The van der Waals surface area contributed by atoms with Crippen LogP contribution in [0.5, 0.6) is 0 Å². The smallest absolute Gasteiger partial charge is 0.138 e. The van der Waals surface area contributed by atoms with Gasteiger partial charge >= 0.3 is 0 Å².